The fraction of sp³-hybridized carbons (Fsp3) is 0.649. The number of hydrogen-bond donors (Lipinski definition) is 1. The van der Waals surface area contributed by atoms with Crippen molar-refractivity contribution in [1.82, 2.24) is 4.90 Å². The summed E-state index contributed by atoms with van der Waals surface area (Å²) in [7, 11) is 0. The van der Waals surface area contributed by atoms with Gasteiger partial charge in [-0.2, -0.15) is 0 Å². The number of carbonyl (C=O) groups is 1. The Morgan fingerprint density at radius 1 is 0.854 bits per heavy atom. The first kappa shape index (κ1) is 42.0. The van der Waals surface area contributed by atoms with Crippen molar-refractivity contribution in [2.24, 2.45) is 0 Å². The van der Waals surface area contributed by atoms with Crippen molar-refractivity contribution in [3.63, 3.8) is 0 Å². The van der Waals surface area contributed by atoms with Gasteiger partial charge in [-0.1, -0.05) is 36.8 Å². The molecule has 0 bridgehead atoms. The lowest BCUT2D eigenvalue weighted by Crippen LogP contribution is -2.50. The van der Waals surface area contributed by atoms with Crippen LogP contribution in [0.4, 0.5) is 13.6 Å². The molecule has 2 aromatic carbocycles. The lowest BCUT2D eigenvalue weighted by Gasteiger charge is -2.38. The van der Waals surface area contributed by atoms with E-state index in [0.717, 1.165) is 61.6 Å². The molecule has 5 rings (SSSR count). The number of likely N-dealkylation sites (tertiary alicyclic amines) is 1. The predicted octanol–water partition coefficient (Wildman–Crippen LogP) is 9.38. The number of aliphatic hydroxyl groups is 1. The van der Waals surface area contributed by atoms with Gasteiger partial charge in [-0.15, -0.1) is 0 Å². The van der Waals surface area contributed by atoms with Crippen molar-refractivity contribution in [1.29, 1.82) is 0 Å². The molecule has 48 heavy (non-hydrogen) atoms. The molecule has 3 aliphatic rings. The van der Waals surface area contributed by atoms with Crippen molar-refractivity contribution in [2.45, 2.75) is 137 Å². The molecule has 11 heteroatoms. The van der Waals surface area contributed by atoms with Crippen LogP contribution < -0.4 is 0 Å². The number of carbonyl (C=O) groups excluding carboxylic acids is 1. The van der Waals surface area contributed by atoms with Crippen LogP contribution in [0, 0.1) is 11.6 Å². The Bertz CT molecular complexity index is 1280. The fourth-order valence-electron chi connectivity index (χ4n) is 5.95. The average Bonchev–Trinajstić information content (AvgIpc) is 3.53. The molecule has 0 radical (unpaired) electrons. The first-order valence-electron chi connectivity index (χ1n) is 16.2. The summed E-state index contributed by atoms with van der Waals surface area (Å²) in [6.45, 7) is 9.56. The molecule has 0 saturated carbocycles. The molecule has 1 N–H and O–H groups in total. The molecule has 2 aromatic rings. The van der Waals surface area contributed by atoms with Crippen LogP contribution in [0.3, 0.4) is 0 Å². The van der Waals surface area contributed by atoms with Gasteiger partial charge in [0.15, 0.2) is 12.6 Å². The average molecular weight is 745 g/mol. The summed E-state index contributed by atoms with van der Waals surface area (Å²) in [6, 6.07) is 8.42. The van der Waals surface area contributed by atoms with E-state index in [1.807, 2.05) is 20.8 Å². The SMILES string of the molecule is C.C.CC(C)(C)OC(=O)N1CCC[C@@H]1C(C)(O)c1ccc(F)cc1COC1CCCCO1.Fc1ccc(Br)c(COC2CCCCO2)c1. The van der Waals surface area contributed by atoms with Gasteiger partial charge in [0.05, 0.1) is 19.3 Å². The van der Waals surface area contributed by atoms with Gasteiger partial charge in [-0.3, -0.25) is 0 Å². The second-order valence-corrected chi connectivity index (χ2v) is 14.1. The van der Waals surface area contributed by atoms with E-state index in [2.05, 4.69) is 15.9 Å². The van der Waals surface area contributed by atoms with Gasteiger partial charge in [0.1, 0.15) is 22.8 Å². The molecule has 1 amide bonds. The molecule has 0 aliphatic carbocycles. The molecular formula is C37H56BrF2NO7. The first-order valence-corrected chi connectivity index (χ1v) is 17.0. The number of ether oxygens (including phenoxy) is 5. The molecule has 272 valence electrons. The monoisotopic (exact) mass is 743 g/mol. The summed E-state index contributed by atoms with van der Waals surface area (Å²) < 4.78 is 55.9. The zero-order valence-corrected chi connectivity index (χ0v) is 29.0. The highest BCUT2D eigenvalue weighted by molar-refractivity contribution is 9.10. The van der Waals surface area contributed by atoms with Crippen molar-refractivity contribution in [3.05, 3.63) is 69.2 Å². The Hall–Kier alpha value is -2.15. The normalized spacial score (nSPS) is 22.3. The zero-order chi connectivity index (χ0) is 33.3. The Balaban J connectivity index is 0.000000377. The van der Waals surface area contributed by atoms with Gasteiger partial charge in [-0.05, 0) is 126 Å². The number of amides is 1. The van der Waals surface area contributed by atoms with Gasteiger partial charge in [0.25, 0.3) is 0 Å². The number of nitrogens with zero attached hydrogens (tertiary/aromatic N) is 1. The molecule has 3 fully saturated rings. The number of rotatable bonds is 8. The molecule has 3 aliphatic heterocycles. The summed E-state index contributed by atoms with van der Waals surface area (Å²) in [4.78, 5) is 14.3. The molecule has 4 atom stereocenters. The molecule has 3 heterocycles. The van der Waals surface area contributed by atoms with E-state index in [9.17, 15) is 18.7 Å². The van der Waals surface area contributed by atoms with E-state index in [0.29, 0.717) is 37.3 Å². The van der Waals surface area contributed by atoms with E-state index in [1.165, 1.54) is 24.3 Å². The van der Waals surface area contributed by atoms with Gasteiger partial charge in [-0.25, -0.2) is 13.6 Å². The highest BCUT2D eigenvalue weighted by Gasteiger charge is 2.45. The minimum Gasteiger partial charge on any atom is -0.444 e. The summed E-state index contributed by atoms with van der Waals surface area (Å²) in [5.74, 6) is -0.639. The van der Waals surface area contributed by atoms with Crippen LogP contribution in [0.5, 0.6) is 0 Å². The van der Waals surface area contributed by atoms with Crippen LogP contribution in [0.2, 0.25) is 0 Å². The minimum absolute atomic E-state index is 0. The third-order valence-corrected chi connectivity index (χ3v) is 9.05. The molecular weight excluding hydrogens is 688 g/mol. The van der Waals surface area contributed by atoms with Crippen molar-refractivity contribution in [3.8, 4) is 0 Å². The van der Waals surface area contributed by atoms with Gasteiger partial charge in [0, 0.05) is 24.2 Å². The van der Waals surface area contributed by atoms with E-state index < -0.39 is 29.2 Å². The summed E-state index contributed by atoms with van der Waals surface area (Å²) in [6.07, 6.45) is 6.52. The maximum Gasteiger partial charge on any atom is 0.410 e. The maximum atomic E-state index is 14.0. The molecule has 0 spiro atoms. The van der Waals surface area contributed by atoms with E-state index in [-0.39, 0.29) is 39.9 Å². The molecule has 8 nitrogen and oxygen atoms in total. The van der Waals surface area contributed by atoms with Crippen molar-refractivity contribution in [2.75, 3.05) is 19.8 Å². The van der Waals surface area contributed by atoms with Crippen molar-refractivity contribution >= 4 is 22.0 Å². The number of halogens is 3. The van der Waals surface area contributed by atoms with Crippen LogP contribution in [-0.2, 0) is 42.5 Å². The lowest BCUT2D eigenvalue weighted by molar-refractivity contribution is -0.169. The Morgan fingerprint density at radius 2 is 1.40 bits per heavy atom. The molecule has 3 unspecified atom stereocenters. The van der Waals surface area contributed by atoms with Crippen LogP contribution in [-0.4, -0.2) is 60.1 Å². The standard InChI is InChI=1S/C23H34FNO5.C12H14BrFO2.2CH4/c1-22(2,3)30-21(26)25-12-7-8-19(25)23(4,27)18-11-10-17(24)14-16(18)15-29-20-9-5-6-13-28-20;13-11-5-4-10(14)7-9(11)8-16-12-3-1-2-6-15-12;;/h10-11,14,19-20,27H,5-9,12-13,15H2,1-4H3;4-5,7,12H,1-3,6,8H2;2*1H4/t19-,20?,23?;;;/m1.../s1. The van der Waals surface area contributed by atoms with E-state index in [1.54, 1.807) is 24.0 Å². The Morgan fingerprint density at radius 3 is 1.94 bits per heavy atom. The van der Waals surface area contributed by atoms with Gasteiger partial charge >= 0.3 is 6.09 Å². The van der Waals surface area contributed by atoms with Crippen LogP contribution in [0.25, 0.3) is 0 Å². The highest BCUT2D eigenvalue weighted by atomic mass is 79.9. The topological polar surface area (TPSA) is 86.7 Å². The largest absolute Gasteiger partial charge is 0.444 e. The molecule has 3 saturated heterocycles. The Kier molecular flexibility index (Phi) is 16.9. The summed E-state index contributed by atoms with van der Waals surface area (Å²) in [5, 5.41) is 11.6. The minimum atomic E-state index is -1.38. The second-order valence-electron chi connectivity index (χ2n) is 13.2. The van der Waals surface area contributed by atoms with Gasteiger partial charge in [0.2, 0.25) is 0 Å². The van der Waals surface area contributed by atoms with Crippen LogP contribution >= 0.6 is 15.9 Å². The van der Waals surface area contributed by atoms with Gasteiger partial charge < -0.3 is 33.7 Å². The zero-order valence-electron chi connectivity index (χ0n) is 27.4. The van der Waals surface area contributed by atoms with Crippen LogP contribution in [0.15, 0.2) is 40.9 Å². The van der Waals surface area contributed by atoms with E-state index in [4.69, 9.17) is 23.7 Å². The molecule has 0 aromatic heterocycles. The number of hydrogen-bond acceptors (Lipinski definition) is 7. The fourth-order valence-corrected chi connectivity index (χ4v) is 6.31. The maximum absolute atomic E-state index is 14.0. The van der Waals surface area contributed by atoms with Crippen LogP contribution in [0.1, 0.15) is 111 Å². The smallest absolute Gasteiger partial charge is 0.410 e. The van der Waals surface area contributed by atoms with Crippen molar-refractivity contribution < 1.29 is 42.4 Å². The quantitative estimate of drug-likeness (QED) is 0.288. The third kappa shape index (κ3) is 12.3. The Labute approximate surface area is 294 Å². The summed E-state index contributed by atoms with van der Waals surface area (Å²) >= 11 is 3.37. The lowest BCUT2D eigenvalue weighted by atomic mass is 9.84. The highest BCUT2D eigenvalue weighted by Crippen LogP contribution is 2.38. The first-order chi connectivity index (χ1) is 21.8. The third-order valence-electron chi connectivity index (χ3n) is 8.28. The number of benzene rings is 2. The van der Waals surface area contributed by atoms with E-state index >= 15 is 0 Å². The second kappa shape index (κ2) is 19.3. The summed E-state index contributed by atoms with van der Waals surface area (Å²) in [5.41, 5.74) is -0.0717. The predicted molar refractivity (Wildman–Crippen MR) is 186 cm³/mol.